The van der Waals surface area contributed by atoms with Crippen molar-refractivity contribution < 1.29 is 14.3 Å². The zero-order valence-electron chi connectivity index (χ0n) is 17.5. The summed E-state index contributed by atoms with van der Waals surface area (Å²) in [6, 6.07) is 0.275. The molecule has 0 bridgehead atoms. The summed E-state index contributed by atoms with van der Waals surface area (Å²) in [6.07, 6.45) is 5.69. The Labute approximate surface area is 176 Å². The molecule has 0 unspecified atom stereocenters. The lowest BCUT2D eigenvalue weighted by molar-refractivity contribution is -0.133. The van der Waals surface area contributed by atoms with Crippen LogP contribution in [-0.4, -0.2) is 65.8 Å². The summed E-state index contributed by atoms with van der Waals surface area (Å²) in [4.78, 5) is 51.5. The minimum atomic E-state index is -0.477. The standard InChI is InChI=1S/C19H23N7O5/c1-23-16-15(17(28)24(2)19(23)29)26(11-22-16)10-14(27)25-6-4-12(5-7-25)31-18-20-8-13(30-3)9-21-18/h8-9,11-12H,4-7,10H2,1-3H3. The number of carbonyl (C=O) groups is 1. The first kappa shape index (κ1) is 20.6. The van der Waals surface area contributed by atoms with Crippen LogP contribution in [0.2, 0.25) is 0 Å². The molecule has 1 aliphatic rings. The molecule has 31 heavy (non-hydrogen) atoms. The van der Waals surface area contributed by atoms with Gasteiger partial charge in [0.05, 0.1) is 25.8 Å². The highest BCUT2D eigenvalue weighted by molar-refractivity contribution is 5.79. The van der Waals surface area contributed by atoms with Crippen LogP contribution in [0.15, 0.2) is 28.3 Å². The van der Waals surface area contributed by atoms with Crippen LogP contribution < -0.4 is 20.7 Å². The average molecular weight is 429 g/mol. The van der Waals surface area contributed by atoms with Crippen molar-refractivity contribution in [2.45, 2.75) is 25.5 Å². The van der Waals surface area contributed by atoms with Crippen LogP contribution in [0.3, 0.4) is 0 Å². The summed E-state index contributed by atoms with van der Waals surface area (Å²) in [6.45, 7) is 1.00. The maximum atomic E-state index is 12.8. The Balaban J connectivity index is 1.40. The van der Waals surface area contributed by atoms with E-state index in [1.807, 2.05) is 0 Å². The van der Waals surface area contributed by atoms with Gasteiger partial charge < -0.3 is 18.9 Å². The second kappa shape index (κ2) is 8.20. The molecule has 12 nitrogen and oxygen atoms in total. The molecule has 4 rings (SSSR count). The van der Waals surface area contributed by atoms with E-state index in [4.69, 9.17) is 9.47 Å². The molecular formula is C19H23N7O5. The summed E-state index contributed by atoms with van der Waals surface area (Å²) >= 11 is 0. The van der Waals surface area contributed by atoms with Gasteiger partial charge in [-0.3, -0.25) is 18.7 Å². The predicted octanol–water partition coefficient (Wildman–Crippen LogP) is -0.698. The fourth-order valence-electron chi connectivity index (χ4n) is 3.61. The fraction of sp³-hybridized carbons (Fsp3) is 0.474. The highest BCUT2D eigenvalue weighted by Crippen LogP contribution is 2.18. The Morgan fingerprint density at radius 2 is 1.77 bits per heavy atom. The summed E-state index contributed by atoms with van der Waals surface area (Å²) in [5.41, 5.74) is -0.452. The first-order valence-corrected chi connectivity index (χ1v) is 9.80. The van der Waals surface area contributed by atoms with Gasteiger partial charge in [0.25, 0.3) is 5.56 Å². The largest absolute Gasteiger partial charge is 0.494 e. The summed E-state index contributed by atoms with van der Waals surface area (Å²) < 4.78 is 14.6. The van der Waals surface area contributed by atoms with E-state index >= 15 is 0 Å². The molecule has 12 heteroatoms. The number of likely N-dealkylation sites (tertiary alicyclic amines) is 1. The number of rotatable bonds is 5. The molecule has 1 saturated heterocycles. The molecule has 1 amide bonds. The van der Waals surface area contributed by atoms with Gasteiger partial charge in [-0.15, -0.1) is 0 Å². The van der Waals surface area contributed by atoms with Crippen LogP contribution in [0, 0.1) is 0 Å². The van der Waals surface area contributed by atoms with Crippen molar-refractivity contribution in [3.8, 4) is 11.8 Å². The molecule has 3 aromatic heterocycles. The molecule has 0 spiro atoms. The smallest absolute Gasteiger partial charge is 0.332 e. The summed E-state index contributed by atoms with van der Waals surface area (Å²) in [7, 11) is 4.48. The van der Waals surface area contributed by atoms with Crippen LogP contribution in [0.1, 0.15) is 12.8 Å². The van der Waals surface area contributed by atoms with Gasteiger partial charge >= 0.3 is 11.7 Å². The van der Waals surface area contributed by atoms with E-state index in [9.17, 15) is 14.4 Å². The quantitative estimate of drug-likeness (QED) is 0.521. The minimum Gasteiger partial charge on any atom is -0.494 e. The molecule has 0 saturated carbocycles. The van der Waals surface area contributed by atoms with E-state index in [0.717, 1.165) is 4.57 Å². The Hall–Kier alpha value is -3.70. The van der Waals surface area contributed by atoms with Crippen molar-refractivity contribution in [3.05, 3.63) is 39.6 Å². The summed E-state index contributed by atoms with van der Waals surface area (Å²) in [5, 5.41) is 0. The average Bonchev–Trinajstić information content (AvgIpc) is 3.21. The molecule has 0 aliphatic carbocycles. The number of hydrogen-bond donors (Lipinski definition) is 0. The number of ether oxygens (including phenoxy) is 2. The van der Waals surface area contributed by atoms with Gasteiger partial charge in [-0.2, -0.15) is 9.97 Å². The summed E-state index contributed by atoms with van der Waals surface area (Å²) in [5.74, 6) is 0.420. The van der Waals surface area contributed by atoms with Gasteiger partial charge in [0.15, 0.2) is 16.9 Å². The molecule has 1 aliphatic heterocycles. The van der Waals surface area contributed by atoms with Crippen LogP contribution in [0.4, 0.5) is 0 Å². The van der Waals surface area contributed by atoms with Crippen molar-refractivity contribution in [2.24, 2.45) is 14.1 Å². The number of methoxy groups -OCH3 is 1. The monoisotopic (exact) mass is 429 g/mol. The first-order chi connectivity index (χ1) is 14.9. The number of piperidine rings is 1. The minimum absolute atomic E-state index is 0.0307. The maximum absolute atomic E-state index is 12.8. The number of nitrogens with zero attached hydrogens (tertiary/aromatic N) is 7. The lowest BCUT2D eigenvalue weighted by atomic mass is 10.1. The second-order valence-electron chi connectivity index (χ2n) is 7.35. The van der Waals surface area contributed by atoms with E-state index in [2.05, 4.69) is 15.0 Å². The number of carbonyl (C=O) groups excluding carboxylic acids is 1. The van der Waals surface area contributed by atoms with Crippen molar-refractivity contribution >= 4 is 17.1 Å². The Morgan fingerprint density at radius 3 is 2.42 bits per heavy atom. The molecule has 0 atom stereocenters. The van der Waals surface area contributed by atoms with Gasteiger partial charge in [0.1, 0.15) is 12.6 Å². The van der Waals surface area contributed by atoms with Crippen molar-refractivity contribution in [1.82, 2.24) is 33.6 Å². The SMILES string of the molecule is COc1cnc(OC2CCN(C(=O)Cn3cnc4c3c(=O)n(C)c(=O)n4C)CC2)nc1. The van der Waals surface area contributed by atoms with E-state index < -0.39 is 11.2 Å². The van der Waals surface area contributed by atoms with Crippen molar-refractivity contribution in [1.29, 1.82) is 0 Å². The number of imidazole rings is 1. The van der Waals surface area contributed by atoms with Crippen LogP contribution in [0.25, 0.3) is 11.2 Å². The third kappa shape index (κ3) is 3.88. The molecule has 0 N–H and O–H groups in total. The van der Waals surface area contributed by atoms with E-state index in [0.29, 0.717) is 31.7 Å². The van der Waals surface area contributed by atoms with Crippen LogP contribution >= 0.6 is 0 Å². The highest BCUT2D eigenvalue weighted by atomic mass is 16.5. The second-order valence-corrected chi connectivity index (χ2v) is 7.35. The maximum Gasteiger partial charge on any atom is 0.332 e. The molecule has 0 radical (unpaired) electrons. The number of fused-ring (bicyclic) bond motifs is 1. The molecule has 4 heterocycles. The Bertz CT molecular complexity index is 1220. The lowest BCUT2D eigenvalue weighted by Crippen LogP contribution is -2.43. The third-order valence-electron chi connectivity index (χ3n) is 5.43. The third-order valence-corrected chi connectivity index (χ3v) is 5.43. The number of aromatic nitrogens is 6. The highest BCUT2D eigenvalue weighted by Gasteiger charge is 2.25. The van der Waals surface area contributed by atoms with Gasteiger partial charge in [0.2, 0.25) is 5.91 Å². The normalized spacial score (nSPS) is 14.7. The fourth-order valence-corrected chi connectivity index (χ4v) is 3.61. The van der Waals surface area contributed by atoms with Crippen molar-refractivity contribution in [2.75, 3.05) is 20.2 Å². The van der Waals surface area contributed by atoms with Gasteiger partial charge in [-0.05, 0) is 0 Å². The zero-order chi connectivity index (χ0) is 22.1. The van der Waals surface area contributed by atoms with Gasteiger partial charge in [0, 0.05) is 40.0 Å². The van der Waals surface area contributed by atoms with E-state index in [1.54, 1.807) is 11.9 Å². The molecule has 164 valence electrons. The first-order valence-electron chi connectivity index (χ1n) is 9.80. The molecular weight excluding hydrogens is 406 g/mol. The Kier molecular flexibility index (Phi) is 5.44. The molecule has 3 aromatic rings. The number of hydrogen-bond acceptors (Lipinski definition) is 8. The Morgan fingerprint density at radius 1 is 1.10 bits per heavy atom. The topological polar surface area (TPSA) is 126 Å². The van der Waals surface area contributed by atoms with Crippen molar-refractivity contribution in [3.63, 3.8) is 0 Å². The number of aryl methyl sites for hydroxylation is 1. The van der Waals surface area contributed by atoms with Crippen LogP contribution in [0.5, 0.6) is 11.8 Å². The van der Waals surface area contributed by atoms with E-state index in [1.165, 1.54) is 42.0 Å². The lowest BCUT2D eigenvalue weighted by Gasteiger charge is -2.31. The zero-order valence-corrected chi connectivity index (χ0v) is 17.5. The predicted molar refractivity (Wildman–Crippen MR) is 109 cm³/mol. The number of amides is 1. The van der Waals surface area contributed by atoms with Gasteiger partial charge in [-0.25, -0.2) is 9.78 Å². The van der Waals surface area contributed by atoms with E-state index in [-0.39, 0.29) is 35.7 Å². The molecule has 1 fully saturated rings. The van der Waals surface area contributed by atoms with Crippen LogP contribution in [-0.2, 0) is 25.4 Å². The molecule has 0 aromatic carbocycles. The van der Waals surface area contributed by atoms with Gasteiger partial charge in [-0.1, -0.05) is 0 Å².